The molecule has 3 N–H and O–H groups in total. The van der Waals surface area contributed by atoms with Gasteiger partial charge in [-0.3, -0.25) is 14.4 Å². The molecule has 13 heteroatoms. The van der Waals surface area contributed by atoms with Crippen molar-refractivity contribution in [1.82, 2.24) is 10.2 Å². The van der Waals surface area contributed by atoms with Gasteiger partial charge in [-0.25, -0.2) is 4.79 Å². The van der Waals surface area contributed by atoms with Crippen LogP contribution in [-0.4, -0.2) is 101 Å². The van der Waals surface area contributed by atoms with Crippen molar-refractivity contribution in [2.75, 3.05) is 26.4 Å². The van der Waals surface area contributed by atoms with Gasteiger partial charge in [0.2, 0.25) is 17.6 Å². The zero-order chi connectivity index (χ0) is 41.3. The fraction of sp³-hybridized carbons (Fsp3) is 0.422. The van der Waals surface area contributed by atoms with Crippen LogP contribution in [-0.2, 0) is 43.9 Å². The topological polar surface area (TPSA) is 170 Å². The number of hydrogen-bond acceptors (Lipinski definition) is 11. The van der Waals surface area contributed by atoms with E-state index in [1.807, 2.05) is 60.7 Å². The second-order valence-corrected chi connectivity index (χ2v) is 15.5. The van der Waals surface area contributed by atoms with Gasteiger partial charge in [0.05, 0.1) is 31.1 Å². The molecule has 5 atom stereocenters. The summed E-state index contributed by atoms with van der Waals surface area (Å²) in [4.78, 5) is 55.7. The lowest BCUT2D eigenvalue weighted by Crippen LogP contribution is -2.51. The summed E-state index contributed by atoms with van der Waals surface area (Å²) < 4.78 is 30.5. The molecule has 1 aliphatic carbocycles. The molecule has 0 radical (unpaired) electrons. The molecule has 3 aromatic carbocycles. The number of amides is 2. The lowest BCUT2D eigenvalue weighted by Gasteiger charge is -2.33. The molecule has 0 bridgehead atoms. The van der Waals surface area contributed by atoms with Crippen LogP contribution in [0.15, 0.2) is 103 Å². The molecule has 308 valence electrons. The molecule has 58 heavy (non-hydrogen) atoms. The molecule has 2 amide bonds. The fourth-order valence-corrected chi connectivity index (χ4v) is 7.42. The van der Waals surface area contributed by atoms with Crippen LogP contribution in [0.25, 0.3) is 6.08 Å². The smallest absolute Gasteiger partial charge is 0.338 e. The monoisotopic (exact) mass is 796 g/mol. The minimum absolute atomic E-state index is 0.00221. The lowest BCUT2D eigenvalue weighted by atomic mass is 9.91. The predicted octanol–water partition coefficient (Wildman–Crippen LogP) is 4.80. The first kappa shape index (κ1) is 42.3. The van der Waals surface area contributed by atoms with Gasteiger partial charge in [0.15, 0.2) is 0 Å². The molecule has 2 heterocycles. The van der Waals surface area contributed by atoms with E-state index in [4.69, 9.17) is 28.8 Å². The van der Waals surface area contributed by atoms with Crippen LogP contribution in [0, 0.1) is 0 Å². The number of nitrogens with zero attached hydrogens (tertiary/aromatic N) is 1. The van der Waals surface area contributed by atoms with E-state index < -0.39 is 72.1 Å². The highest BCUT2D eigenvalue weighted by molar-refractivity contribution is 5.98. The third-order valence-electron chi connectivity index (χ3n) is 10.1. The molecule has 3 aliphatic rings. The largest absolute Gasteiger partial charge is 0.499 e. The molecule has 2 aliphatic heterocycles. The second-order valence-electron chi connectivity index (χ2n) is 15.5. The van der Waals surface area contributed by atoms with E-state index >= 15 is 0 Å². The number of fused-ring (bicyclic) bond motifs is 1. The quantitative estimate of drug-likeness (QED) is 0.110. The molecule has 2 saturated heterocycles. The van der Waals surface area contributed by atoms with Crippen LogP contribution in [0.4, 0.5) is 0 Å². The van der Waals surface area contributed by atoms with Gasteiger partial charge in [0.25, 0.3) is 0 Å². The van der Waals surface area contributed by atoms with Crippen LogP contribution in [0.1, 0.15) is 79.9 Å². The first-order valence-corrected chi connectivity index (χ1v) is 19.7. The minimum Gasteiger partial charge on any atom is -0.499 e. The maximum atomic E-state index is 14.5. The maximum absolute atomic E-state index is 14.5. The van der Waals surface area contributed by atoms with E-state index in [1.165, 1.54) is 11.2 Å². The van der Waals surface area contributed by atoms with Gasteiger partial charge in [-0.05, 0) is 69.9 Å². The zero-order valence-corrected chi connectivity index (χ0v) is 33.1. The number of likely N-dealkylation sites (tertiary alicyclic amines) is 1. The number of carbonyl (C=O) groups is 4. The number of ether oxygens (including phenoxy) is 5. The minimum atomic E-state index is -1.39. The van der Waals surface area contributed by atoms with E-state index in [0.29, 0.717) is 25.0 Å². The third kappa shape index (κ3) is 10.2. The van der Waals surface area contributed by atoms with Crippen LogP contribution in [0.5, 0.6) is 0 Å². The molecule has 6 rings (SSSR count). The summed E-state index contributed by atoms with van der Waals surface area (Å²) in [7, 11) is 0. The predicted molar refractivity (Wildman–Crippen MR) is 213 cm³/mol. The number of aliphatic hydroxyl groups is 2. The Balaban J connectivity index is 1.24. The van der Waals surface area contributed by atoms with Crippen LogP contribution in [0.3, 0.4) is 0 Å². The number of carbonyl (C=O) groups excluding carboxylic acids is 4. The van der Waals surface area contributed by atoms with Crippen molar-refractivity contribution in [1.29, 1.82) is 0 Å². The van der Waals surface area contributed by atoms with Gasteiger partial charge in [-0.15, -0.1) is 0 Å². The highest BCUT2D eigenvalue weighted by Gasteiger charge is 2.55. The zero-order valence-electron chi connectivity index (χ0n) is 33.1. The second kappa shape index (κ2) is 18.9. The van der Waals surface area contributed by atoms with Crippen molar-refractivity contribution in [3.8, 4) is 0 Å². The summed E-state index contributed by atoms with van der Waals surface area (Å²) in [6.07, 6.45) is 3.45. The standard InChI is InChI=1S/C45H52N2O11/c1-44(2,3)57-39(50)21-20-35(29-49)46-41(51)36-15-10-23-47(36)42(52)32-27-37(55-43(53)31-18-16-30(17-19-31)22-25-54-26-24-48)40-38(28-32)56-45(58-40,33-11-6-4-7-12-33)34-13-8-5-9-14-34/h4-9,11-14,16-19,22,25,28,35-38,40,48-49H,10,15,20-21,23-24,26-27,29H2,1-3H3,(H,46,51)/t35-,36+,37+,38+,40-/m0/s1. The Kier molecular flexibility index (Phi) is 13.8. The first-order chi connectivity index (χ1) is 27.9. The average molecular weight is 797 g/mol. The Bertz CT molecular complexity index is 1900. The molecule has 13 nitrogen and oxygen atoms in total. The first-order valence-electron chi connectivity index (χ1n) is 19.7. The summed E-state index contributed by atoms with van der Waals surface area (Å²) in [5.74, 6) is -3.28. The molecule has 0 spiro atoms. The molecular formula is C45H52N2O11. The van der Waals surface area contributed by atoms with E-state index in [2.05, 4.69) is 5.32 Å². The highest BCUT2D eigenvalue weighted by atomic mass is 16.8. The number of nitrogens with one attached hydrogen (secondary N) is 1. The van der Waals surface area contributed by atoms with Gasteiger partial charge in [-0.1, -0.05) is 72.8 Å². The van der Waals surface area contributed by atoms with Crippen molar-refractivity contribution in [3.05, 3.63) is 125 Å². The molecule has 2 fully saturated rings. The number of esters is 2. The van der Waals surface area contributed by atoms with Crippen molar-refractivity contribution < 1.29 is 53.1 Å². The normalized spacial score (nSPS) is 21.8. The maximum Gasteiger partial charge on any atom is 0.338 e. The van der Waals surface area contributed by atoms with Crippen LogP contribution in [0.2, 0.25) is 0 Å². The van der Waals surface area contributed by atoms with Crippen molar-refractivity contribution in [3.63, 3.8) is 0 Å². The van der Waals surface area contributed by atoms with E-state index in [9.17, 15) is 24.3 Å². The van der Waals surface area contributed by atoms with Crippen LogP contribution >= 0.6 is 0 Å². The molecule has 0 unspecified atom stereocenters. The SMILES string of the molecule is CC(C)(C)OC(=O)CC[C@@H](CO)NC(=O)[C@H]1CCCN1C(=O)C1=C[C@H]2OC(c3ccccc3)(c3ccccc3)O[C@H]2[C@H](OC(=O)c2ccc(C=COCCO)cc2)C1. The Labute approximate surface area is 338 Å². The van der Waals surface area contributed by atoms with E-state index in [-0.39, 0.29) is 38.0 Å². The molecular weight excluding hydrogens is 744 g/mol. The van der Waals surface area contributed by atoms with Crippen molar-refractivity contribution in [2.24, 2.45) is 0 Å². The Morgan fingerprint density at radius 1 is 0.948 bits per heavy atom. The fourth-order valence-electron chi connectivity index (χ4n) is 7.42. The van der Waals surface area contributed by atoms with Crippen molar-refractivity contribution in [2.45, 2.75) is 94.7 Å². The number of benzene rings is 3. The van der Waals surface area contributed by atoms with Crippen LogP contribution < -0.4 is 5.32 Å². The summed E-state index contributed by atoms with van der Waals surface area (Å²) in [5.41, 5.74) is 2.14. The van der Waals surface area contributed by atoms with Gasteiger partial charge < -0.3 is 44.1 Å². The van der Waals surface area contributed by atoms with Gasteiger partial charge in [0, 0.05) is 36.1 Å². The number of rotatable bonds is 15. The summed E-state index contributed by atoms with van der Waals surface area (Å²) in [5, 5.41) is 21.8. The Hall–Kier alpha value is -5.34. The Morgan fingerprint density at radius 2 is 1.62 bits per heavy atom. The summed E-state index contributed by atoms with van der Waals surface area (Å²) in [6, 6.07) is 24.1. The molecule has 0 aromatic heterocycles. The van der Waals surface area contributed by atoms with E-state index in [1.54, 1.807) is 57.2 Å². The van der Waals surface area contributed by atoms with Gasteiger partial charge >= 0.3 is 11.9 Å². The number of aliphatic hydroxyl groups excluding tert-OH is 2. The highest BCUT2D eigenvalue weighted by Crippen LogP contribution is 2.47. The summed E-state index contributed by atoms with van der Waals surface area (Å²) in [6.45, 7) is 5.28. The average Bonchev–Trinajstić information content (AvgIpc) is 3.88. The molecule has 0 saturated carbocycles. The molecule has 3 aromatic rings. The third-order valence-corrected chi connectivity index (χ3v) is 10.1. The Morgan fingerprint density at radius 3 is 2.24 bits per heavy atom. The number of hydrogen-bond donors (Lipinski definition) is 3. The van der Waals surface area contributed by atoms with Gasteiger partial charge in [0.1, 0.15) is 36.6 Å². The van der Waals surface area contributed by atoms with Crippen molar-refractivity contribution >= 4 is 29.8 Å². The van der Waals surface area contributed by atoms with E-state index in [0.717, 1.165) is 16.7 Å². The summed E-state index contributed by atoms with van der Waals surface area (Å²) >= 11 is 0. The van der Waals surface area contributed by atoms with Gasteiger partial charge in [-0.2, -0.15) is 0 Å². The lowest BCUT2D eigenvalue weighted by molar-refractivity contribution is -0.157.